The molecule has 3 rings (SSSR count). The van der Waals surface area contributed by atoms with Crippen molar-refractivity contribution in [2.75, 3.05) is 6.61 Å². The van der Waals surface area contributed by atoms with Gasteiger partial charge in [-0.05, 0) is 12.0 Å². The second-order valence-corrected chi connectivity index (χ2v) is 6.56. The summed E-state index contributed by atoms with van der Waals surface area (Å²) in [6.07, 6.45) is 3.57. The summed E-state index contributed by atoms with van der Waals surface area (Å²) in [5, 5.41) is 0. The van der Waals surface area contributed by atoms with Gasteiger partial charge in [0.2, 0.25) is 5.91 Å². The predicted molar refractivity (Wildman–Crippen MR) is 99.8 cm³/mol. The summed E-state index contributed by atoms with van der Waals surface area (Å²) < 4.78 is 15.9. The van der Waals surface area contributed by atoms with Gasteiger partial charge < -0.3 is 14.2 Å². The number of carbonyl (C=O) groups is 4. The van der Waals surface area contributed by atoms with Crippen molar-refractivity contribution >= 4 is 24.1 Å². The highest BCUT2D eigenvalue weighted by atomic mass is 16.6. The largest absolute Gasteiger partial charge is 0.471 e. The van der Waals surface area contributed by atoms with Crippen LogP contribution < -0.4 is 0 Å². The van der Waals surface area contributed by atoms with Crippen LogP contribution >= 0.6 is 0 Å². The molecule has 29 heavy (non-hydrogen) atoms. The highest BCUT2D eigenvalue weighted by molar-refractivity contribution is 5.93. The van der Waals surface area contributed by atoms with Crippen molar-refractivity contribution < 1.29 is 33.4 Å². The average Bonchev–Trinajstić information content (AvgIpc) is 3.02. The van der Waals surface area contributed by atoms with Gasteiger partial charge in [0.05, 0.1) is 6.42 Å². The highest BCUT2D eigenvalue weighted by Gasteiger charge is 2.55. The van der Waals surface area contributed by atoms with Crippen LogP contribution in [-0.2, 0) is 40.0 Å². The molecule has 2 saturated heterocycles. The Morgan fingerprint density at radius 1 is 1.21 bits per heavy atom. The summed E-state index contributed by atoms with van der Waals surface area (Å²) >= 11 is 0. The summed E-state index contributed by atoms with van der Waals surface area (Å²) in [5.41, 5.74) is 1.04. The van der Waals surface area contributed by atoms with E-state index in [9.17, 15) is 19.2 Å². The Morgan fingerprint density at radius 3 is 2.62 bits per heavy atom. The van der Waals surface area contributed by atoms with Crippen molar-refractivity contribution in [3.63, 3.8) is 0 Å². The van der Waals surface area contributed by atoms with Gasteiger partial charge in [-0.1, -0.05) is 42.5 Å². The predicted octanol–water partition coefficient (Wildman–Crippen LogP) is 1.65. The number of amides is 1. The number of nitrogens with zero attached hydrogens (tertiary/aromatic N) is 1. The van der Waals surface area contributed by atoms with E-state index in [0.29, 0.717) is 6.29 Å². The molecule has 0 bridgehead atoms. The minimum Gasteiger partial charge on any atom is -0.471 e. The van der Waals surface area contributed by atoms with E-state index in [2.05, 4.69) is 0 Å². The molecule has 1 unspecified atom stereocenters. The molecule has 2 fully saturated rings. The minimum absolute atomic E-state index is 0.0505. The van der Waals surface area contributed by atoms with Gasteiger partial charge in [0, 0.05) is 12.5 Å². The van der Waals surface area contributed by atoms with Gasteiger partial charge in [0.25, 0.3) is 0 Å². The zero-order valence-corrected chi connectivity index (χ0v) is 15.9. The molecule has 0 saturated carbocycles. The van der Waals surface area contributed by atoms with E-state index in [0.717, 1.165) is 5.56 Å². The number of aldehydes is 1. The smallest absolute Gasteiger partial charge is 0.337 e. The molecule has 0 radical (unpaired) electrons. The number of carbonyl (C=O) groups excluding carboxylic acids is 4. The summed E-state index contributed by atoms with van der Waals surface area (Å²) in [4.78, 5) is 48.4. The van der Waals surface area contributed by atoms with Gasteiger partial charge in [-0.25, -0.2) is 4.79 Å². The van der Waals surface area contributed by atoms with E-state index in [1.165, 1.54) is 11.8 Å². The van der Waals surface area contributed by atoms with Crippen LogP contribution in [0.2, 0.25) is 0 Å². The molecule has 1 aromatic rings. The van der Waals surface area contributed by atoms with Gasteiger partial charge >= 0.3 is 11.9 Å². The quantitative estimate of drug-likeness (QED) is 0.215. The zero-order valence-electron chi connectivity index (χ0n) is 15.9. The molecular formula is C21H21NO7. The summed E-state index contributed by atoms with van der Waals surface area (Å²) in [7, 11) is 0. The maximum Gasteiger partial charge on any atom is 0.337 e. The Balaban J connectivity index is 1.73. The average molecular weight is 399 g/mol. The monoisotopic (exact) mass is 399 g/mol. The van der Waals surface area contributed by atoms with Crippen LogP contribution in [-0.4, -0.2) is 47.9 Å². The second kappa shape index (κ2) is 9.18. The lowest BCUT2D eigenvalue weighted by Gasteiger charge is -2.33. The molecule has 1 amide bonds. The number of allylic oxidation sites excluding steroid dienone is 2. The van der Waals surface area contributed by atoms with Crippen LogP contribution in [0.1, 0.15) is 25.3 Å². The van der Waals surface area contributed by atoms with Gasteiger partial charge in [-0.3, -0.25) is 19.3 Å². The molecule has 2 aliphatic heterocycles. The molecule has 0 aliphatic carbocycles. The lowest BCUT2D eigenvalue weighted by molar-refractivity contribution is -0.166. The first-order valence-electron chi connectivity index (χ1n) is 9.16. The Labute approximate surface area is 167 Å². The number of fused-ring (bicyclic) bond motifs is 1. The van der Waals surface area contributed by atoms with Gasteiger partial charge in [0.15, 0.2) is 12.3 Å². The fraction of sp³-hybridized carbons (Fsp3) is 0.333. The first kappa shape index (κ1) is 20.3. The lowest BCUT2D eigenvalue weighted by atomic mass is 10.0. The second-order valence-electron chi connectivity index (χ2n) is 6.56. The summed E-state index contributed by atoms with van der Waals surface area (Å²) in [6.45, 7) is 1.42. The number of rotatable bonds is 8. The Kier molecular flexibility index (Phi) is 6.43. The summed E-state index contributed by atoms with van der Waals surface area (Å²) in [6, 6.07) is 8.07. The van der Waals surface area contributed by atoms with Crippen LogP contribution in [0.3, 0.4) is 0 Å². The third-order valence-electron chi connectivity index (χ3n) is 4.53. The molecule has 152 valence electrons. The van der Waals surface area contributed by atoms with Gasteiger partial charge in [-0.2, -0.15) is 0 Å². The van der Waals surface area contributed by atoms with Gasteiger partial charge in [0.1, 0.15) is 25.3 Å². The van der Waals surface area contributed by atoms with Crippen molar-refractivity contribution in [3.8, 4) is 0 Å². The van der Waals surface area contributed by atoms with E-state index < -0.39 is 24.2 Å². The van der Waals surface area contributed by atoms with Crippen molar-refractivity contribution in [2.24, 2.45) is 0 Å². The van der Waals surface area contributed by atoms with Crippen molar-refractivity contribution in [2.45, 2.75) is 38.6 Å². The molecular weight excluding hydrogens is 378 g/mol. The van der Waals surface area contributed by atoms with Crippen molar-refractivity contribution in [1.82, 2.24) is 4.90 Å². The number of benzene rings is 1. The lowest BCUT2D eigenvalue weighted by Crippen LogP contribution is -2.55. The third-order valence-corrected chi connectivity index (χ3v) is 4.53. The van der Waals surface area contributed by atoms with Crippen molar-refractivity contribution in [3.05, 3.63) is 59.4 Å². The number of hydrogen-bond donors (Lipinski definition) is 0. The number of ether oxygens (including phenoxy) is 3. The van der Waals surface area contributed by atoms with E-state index in [4.69, 9.17) is 14.2 Å². The first-order chi connectivity index (χ1) is 14.0. The summed E-state index contributed by atoms with van der Waals surface area (Å²) in [5.74, 6) is -1.16. The number of esters is 2. The van der Waals surface area contributed by atoms with Gasteiger partial charge in [-0.15, -0.1) is 0 Å². The Bertz CT molecular complexity index is 859. The molecule has 8 heteroatoms. The van der Waals surface area contributed by atoms with E-state index in [1.807, 2.05) is 30.3 Å². The first-order valence-corrected chi connectivity index (χ1v) is 9.16. The number of hydrogen-bond acceptors (Lipinski definition) is 7. The fourth-order valence-corrected chi connectivity index (χ4v) is 3.08. The molecule has 0 N–H and O–H groups in total. The zero-order chi connectivity index (χ0) is 20.8. The van der Waals surface area contributed by atoms with Crippen LogP contribution in [0.25, 0.3) is 0 Å². The van der Waals surface area contributed by atoms with E-state index >= 15 is 0 Å². The SMILES string of the molecule is CC(=O)OC/C=C/C/C(C=O)=C1\O[C@@H]2CC(=O)N2C1C(=O)OCc1ccccc1. The van der Waals surface area contributed by atoms with E-state index in [1.54, 1.807) is 12.2 Å². The molecule has 0 aromatic heterocycles. The molecule has 2 heterocycles. The topological polar surface area (TPSA) is 99.2 Å². The normalized spacial score (nSPS) is 21.8. The van der Waals surface area contributed by atoms with Crippen molar-refractivity contribution in [1.29, 1.82) is 0 Å². The number of β-lactam (4-membered cyclic amide) rings is 1. The Hall–Kier alpha value is -3.42. The van der Waals surface area contributed by atoms with Crippen LogP contribution in [0, 0.1) is 0 Å². The van der Waals surface area contributed by atoms with Crippen LogP contribution in [0.15, 0.2) is 53.8 Å². The highest BCUT2D eigenvalue weighted by Crippen LogP contribution is 2.38. The Morgan fingerprint density at radius 2 is 1.97 bits per heavy atom. The third kappa shape index (κ3) is 4.71. The standard InChI is InChI=1S/C21H21NO7/c1-14(24)27-10-6-5-9-16(12-23)20-19(22-17(25)11-18(22)29-20)21(26)28-13-15-7-3-2-4-8-15/h2-8,12,18-19H,9-11,13H2,1H3/b6-5+,20-16+/t18-,19?/m1/s1. The van der Waals surface area contributed by atoms with E-state index in [-0.39, 0.29) is 43.3 Å². The fourth-order valence-electron chi connectivity index (χ4n) is 3.08. The maximum atomic E-state index is 12.7. The van der Waals surface area contributed by atoms with Crippen LogP contribution in [0.5, 0.6) is 0 Å². The van der Waals surface area contributed by atoms with Crippen LogP contribution in [0.4, 0.5) is 0 Å². The molecule has 1 aromatic carbocycles. The molecule has 2 aliphatic rings. The molecule has 2 atom stereocenters. The molecule has 0 spiro atoms. The maximum absolute atomic E-state index is 12.7. The molecule has 8 nitrogen and oxygen atoms in total. The minimum atomic E-state index is -1.08.